The lowest BCUT2D eigenvalue weighted by molar-refractivity contribution is -0.192. The Balaban J connectivity index is 0.000000745. The first-order valence-electron chi connectivity index (χ1n) is 12.5. The molecule has 0 bridgehead atoms. The van der Waals surface area contributed by atoms with Gasteiger partial charge in [0.25, 0.3) is 0 Å². The number of alkyl halides is 3. The Hall–Kier alpha value is -4.48. The second-order valence-electron chi connectivity index (χ2n) is 9.63. The Morgan fingerprint density at radius 3 is 2.02 bits per heavy atom. The molecule has 0 aliphatic rings. The van der Waals surface area contributed by atoms with Crippen molar-refractivity contribution >= 4 is 23.6 Å². The van der Waals surface area contributed by atoms with Gasteiger partial charge in [-0.25, -0.2) is 14.4 Å². The number of aromatic nitrogens is 1. The van der Waals surface area contributed by atoms with Gasteiger partial charge in [-0.3, -0.25) is 0 Å². The monoisotopic (exact) mass is 578 g/mol. The fraction of sp³-hybridized carbons (Fsp3) is 0.345. The predicted molar refractivity (Wildman–Crippen MR) is 145 cm³/mol. The molecule has 0 saturated carbocycles. The Morgan fingerprint density at radius 1 is 0.951 bits per heavy atom. The largest absolute Gasteiger partial charge is 0.497 e. The van der Waals surface area contributed by atoms with Crippen LogP contribution in [0.5, 0.6) is 5.75 Å². The molecule has 0 spiro atoms. The highest BCUT2D eigenvalue weighted by molar-refractivity contribution is 5.99. The summed E-state index contributed by atoms with van der Waals surface area (Å²) < 4.78 is 48.1. The van der Waals surface area contributed by atoms with Crippen molar-refractivity contribution in [3.63, 3.8) is 0 Å². The SMILES string of the molecule is CCc1c(C(=O)OC(C)(C)C)[nH]c(CNc2ccc(OC)cc2)c1C(=O)OCc1ccccc1.O=C(O)C(F)(F)F. The zero-order valence-corrected chi connectivity index (χ0v) is 23.3. The Morgan fingerprint density at radius 2 is 1.54 bits per heavy atom. The molecular weight excluding hydrogens is 545 g/mol. The Kier molecular flexibility index (Phi) is 11.4. The quantitative estimate of drug-likeness (QED) is 0.258. The first-order valence-corrected chi connectivity index (χ1v) is 12.5. The van der Waals surface area contributed by atoms with E-state index >= 15 is 0 Å². The summed E-state index contributed by atoms with van der Waals surface area (Å²) in [6.07, 6.45) is -4.62. The third-order valence-corrected chi connectivity index (χ3v) is 5.36. The number of carboxylic acid groups (broad SMARTS) is 1. The number of rotatable bonds is 9. The Labute approximate surface area is 235 Å². The number of esters is 2. The van der Waals surface area contributed by atoms with E-state index in [1.54, 1.807) is 27.9 Å². The molecule has 0 saturated heterocycles. The molecule has 0 unspecified atom stereocenters. The molecule has 41 heavy (non-hydrogen) atoms. The maximum atomic E-state index is 13.2. The Bertz CT molecular complexity index is 1310. The van der Waals surface area contributed by atoms with Gasteiger partial charge in [0.1, 0.15) is 23.7 Å². The minimum Gasteiger partial charge on any atom is -0.497 e. The van der Waals surface area contributed by atoms with Gasteiger partial charge in [-0.2, -0.15) is 13.2 Å². The number of hydrogen-bond donors (Lipinski definition) is 3. The van der Waals surface area contributed by atoms with Crippen molar-refractivity contribution in [1.29, 1.82) is 0 Å². The van der Waals surface area contributed by atoms with Gasteiger partial charge in [-0.05, 0) is 62.6 Å². The van der Waals surface area contributed by atoms with Gasteiger partial charge in [0.2, 0.25) is 0 Å². The number of halogens is 3. The number of ether oxygens (including phenoxy) is 3. The number of aliphatic carboxylic acids is 1. The second-order valence-corrected chi connectivity index (χ2v) is 9.63. The smallest absolute Gasteiger partial charge is 0.490 e. The third-order valence-electron chi connectivity index (χ3n) is 5.36. The molecule has 0 radical (unpaired) electrons. The van der Waals surface area contributed by atoms with Crippen LogP contribution in [0.3, 0.4) is 0 Å². The molecule has 222 valence electrons. The summed E-state index contributed by atoms with van der Waals surface area (Å²) in [6.45, 7) is 7.74. The molecule has 1 aromatic heterocycles. The molecule has 3 aromatic rings. The zero-order valence-electron chi connectivity index (χ0n) is 23.3. The van der Waals surface area contributed by atoms with Crippen LogP contribution in [0.2, 0.25) is 0 Å². The van der Waals surface area contributed by atoms with Crippen LogP contribution in [0.1, 0.15) is 65.4 Å². The van der Waals surface area contributed by atoms with E-state index in [0.29, 0.717) is 23.2 Å². The van der Waals surface area contributed by atoms with Gasteiger partial charge in [0.05, 0.1) is 19.2 Å². The number of anilines is 1. The van der Waals surface area contributed by atoms with Crippen LogP contribution in [0.15, 0.2) is 54.6 Å². The van der Waals surface area contributed by atoms with Crippen molar-refractivity contribution in [3.8, 4) is 5.75 Å². The van der Waals surface area contributed by atoms with E-state index in [0.717, 1.165) is 17.0 Å². The van der Waals surface area contributed by atoms with E-state index in [1.807, 2.05) is 61.5 Å². The van der Waals surface area contributed by atoms with Crippen molar-refractivity contribution in [1.82, 2.24) is 4.98 Å². The molecule has 0 amide bonds. The number of carboxylic acids is 1. The molecule has 0 fully saturated rings. The molecule has 0 aliphatic carbocycles. The molecule has 3 rings (SSSR count). The van der Waals surface area contributed by atoms with Crippen molar-refractivity contribution < 1.29 is 46.9 Å². The molecule has 9 nitrogen and oxygen atoms in total. The van der Waals surface area contributed by atoms with Crippen LogP contribution in [0, 0.1) is 0 Å². The first kappa shape index (κ1) is 32.7. The number of hydrogen-bond acceptors (Lipinski definition) is 7. The van der Waals surface area contributed by atoms with E-state index in [2.05, 4.69) is 10.3 Å². The van der Waals surface area contributed by atoms with Gasteiger partial charge >= 0.3 is 24.1 Å². The number of carbonyl (C=O) groups is 3. The lowest BCUT2D eigenvalue weighted by atomic mass is 10.1. The molecule has 0 atom stereocenters. The average Bonchev–Trinajstić information content (AvgIpc) is 3.29. The summed E-state index contributed by atoms with van der Waals surface area (Å²) in [7, 11) is 1.61. The molecule has 1 heterocycles. The van der Waals surface area contributed by atoms with Crippen LogP contribution in [0.25, 0.3) is 0 Å². The van der Waals surface area contributed by atoms with Crippen LogP contribution in [-0.2, 0) is 33.8 Å². The van der Waals surface area contributed by atoms with Gasteiger partial charge in [-0.1, -0.05) is 37.3 Å². The molecular formula is C29H33F3N2O7. The van der Waals surface area contributed by atoms with E-state index < -0.39 is 29.7 Å². The molecule has 0 aliphatic heterocycles. The molecule has 2 aromatic carbocycles. The standard InChI is InChI=1S/C27H32N2O5.C2HF3O2/c1-6-21-23(25(30)33-17-18-10-8-7-9-11-18)22(29-24(21)26(31)34-27(2,3)4)16-28-19-12-14-20(32-5)15-13-19;3-2(4,5)1(6)7/h7-15,28-29H,6,16-17H2,1-5H3;(H,6,7). The van der Waals surface area contributed by atoms with Crippen LogP contribution in [0.4, 0.5) is 18.9 Å². The van der Waals surface area contributed by atoms with Crippen LogP contribution in [-0.4, -0.2) is 46.9 Å². The normalized spacial score (nSPS) is 11.1. The van der Waals surface area contributed by atoms with Gasteiger partial charge in [0, 0.05) is 11.4 Å². The highest BCUT2D eigenvalue weighted by Gasteiger charge is 2.38. The van der Waals surface area contributed by atoms with Gasteiger partial charge < -0.3 is 29.6 Å². The summed E-state index contributed by atoms with van der Waals surface area (Å²) in [5.74, 6) is -3.00. The summed E-state index contributed by atoms with van der Waals surface area (Å²) in [5, 5.41) is 10.4. The van der Waals surface area contributed by atoms with Crippen LogP contribution < -0.4 is 10.1 Å². The summed E-state index contributed by atoms with van der Waals surface area (Å²) >= 11 is 0. The highest BCUT2D eigenvalue weighted by atomic mass is 19.4. The number of methoxy groups -OCH3 is 1. The molecule has 3 N–H and O–H groups in total. The fourth-order valence-corrected chi connectivity index (χ4v) is 3.53. The van der Waals surface area contributed by atoms with Crippen molar-refractivity contribution in [3.05, 3.63) is 82.7 Å². The number of benzene rings is 2. The van der Waals surface area contributed by atoms with Crippen molar-refractivity contribution in [2.75, 3.05) is 12.4 Å². The first-order chi connectivity index (χ1) is 19.2. The average molecular weight is 579 g/mol. The van der Waals surface area contributed by atoms with Gasteiger partial charge in [-0.15, -0.1) is 0 Å². The van der Waals surface area contributed by atoms with Crippen molar-refractivity contribution in [2.45, 2.75) is 59.0 Å². The topological polar surface area (TPSA) is 127 Å². The summed E-state index contributed by atoms with van der Waals surface area (Å²) in [6, 6.07) is 16.9. The number of H-pyrrole nitrogens is 1. The minimum absolute atomic E-state index is 0.140. The minimum atomic E-state index is -5.08. The van der Waals surface area contributed by atoms with E-state index in [1.165, 1.54) is 0 Å². The van der Waals surface area contributed by atoms with E-state index in [-0.39, 0.29) is 18.8 Å². The zero-order chi connectivity index (χ0) is 30.8. The number of carbonyl (C=O) groups excluding carboxylic acids is 2. The summed E-state index contributed by atoms with van der Waals surface area (Å²) in [5.41, 5.74) is 2.84. The third kappa shape index (κ3) is 10.2. The number of aromatic amines is 1. The maximum absolute atomic E-state index is 13.2. The lowest BCUT2D eigenvalue weighted by Crippen LogP contribution is -2.24. The molecule has 12 heteroatoms. The highest BCUT2D eigenvalue weighted by Crippen LogP contribution is 2.26. The van der Waals surface area contributed by atoms with Gasteiger partial charge in [0.15, 0.2) is 0 Å². The second kappa shape index (κ2) is 14.2. The fourth-order valence-electron chi connectivity index (χ4n) is 3.53. The summed E-state index contributed by atoms with van der Waals surface area (Å²) in [4.78, 5) is 38.1. The van der Waals surface area contributed by atoms with Crippen molar-refractivity contribution in [2.24, 2.45) is 0 Å². The van der Waals surface area contributed by atoms with E-state index in [9.17, 15) is 22.8 Å². The van der Waals surface area contributed by atoms with Crippen LogP contribution >= 0.6 is 0 Å². The number of nitrogens with one attached hydrogen (secondary N) is 2. The predicted octanol–water partition coefficient (Wildman–Crippen LogP) is 6.14. The maximum Gasteiger partial charge on any atom is 0.490 e. The van der Waals surface area contributed by atoms with E-state index in [4.69, 9.17) is 24.1 Å². The lowest BCUT2D eigenvalue weighted by Gasteiger charge is -2.19.